The summed E-state index contributed by atoms with van der Waals surface area (Å²) in [6.07, 6.45) is 1.36. The fraction of sp³-hybridized carbons (Fsp3) is 0.364. The molecule has 0 radical (unpaired) electrons. The number of carbonyl (C=O) groups is 2. The van der Waals surface area contributed by atoms with Gasteiger partial charge in [0.25, 0.3) is 0 Å². The number of fused-ring (bicyclic) bond motifs is 3. The highest BCUT2D eigenvalue weighted by molar-refractivity contribution is 5.79. The molecule has 1 amide bonds. The Kier molecular flexibility index (Phi) is 6.31. The van der Waals surface area contributed by atoms with E-state index in [-0.39, 0.29) is 12.0 Å². The average Bonchev–Trinajstić information content (AvgIpc) is 3.02. The molecule has 2 aromatic rings. The van der Waals surface area contributed by atoms with E-state index < -0.39 is 12.0 Å². The first-order valence-electron chi connectivity index (χ1n) is 9.53. The Labute approximate surface area is 164 Å². The third-order valence-corrected chi connectivity index (χ3v) is 5.22. The van der Waals surface area contributed by atoms with Crippen molar-refractivity contribution < 1.29 is 19.4 Å². The van der Waals surface area contributed by atoms with Crippen molar-refractivity contribution in [3.05, 3.63) is 59.7 Å². The predicted molar refractivity (Wildman–Crippen MR) is 107 cm³/mol. The Morgan fingerprint density at radius 1 is 1.07 bits per heavy atom. The van der Waals surface area contributed by atoms with Crippen LogP contribution in [0.5, 0.6) is 0 Å². The van der Waals surface area contributed by atoms with Crippen molar-refractivity contribution in [3.8, 4) is 11.1 Å². The molecule has 0 unspecified atom stereocenters. The maximum absolute atomic E-state index is 12.3. The normalized spacial score (nSPS) is 13.5. The van der Waals surface area contributed by atoms with E-state index in [2.05, 4.69) is 24.3 Å². The molecule has 0 spiro atoms. The van der Waals surface area contributed by atoms with Crippen LogP contribution < -0.4 is 5.73 Å². The number of benzene rings is 2. The zero-order valence-electron chi connectivity index (χ0n) is 16.0. The van der Waals surface area contributed by atoms with Crippen LogP contribution in [-0.4, -0.2) is 48.3 Å². The van der Waals surface area contributed by atoms with Crippen LogP contribution in [-0.2, 0) is 9.53 Å². The van der Waals surface area contributed by atoms with E-state index in [0.29, 0.717) is 32.4 Å². The highest BCUT2D eigenvalue weighted by Crippen LogP contribution is 2.44. The van der Waals surface area contributed by atoms with Gasteiger partial charge in [0.15, 0.2) is 0 Å². The average molecular weight is 382 g/mol. The number of carboxylic acid groups (broad SMARTS) is 1. The predicted octanol–water partition coefficient (Wildman–Crippen LogP) is 3.45. The Morgan fingerprint density at radius 3 is 2.21 bits per heavy atom. The van der Waals surface area contributed by atoms with Gasteiger partial charge in [0.1, 0.15) is 12.6 Å². The van der Waals surface area contributed by atoms with Crippen LogP contribution in [0.25, 0.3) is 11.1 Å². The van der Waals surface area contributed by atoms with Gasteiger partial charge in [-0.15, -0.1) is 0 Å². The quantitative estimate of drug-likeness (QED) is 0.682. The smallest absolute Gasteiger partial charge is 0.409 e. The van der Waals surface area contributed by atoms with Crippen molar-refractivity contribution in [2.75, 3.05) is 20.2 Å². The van der Waals surface area contributed by atoms with E-state index in [1.54, 1.807) is 7.05 Å². The second kappa shape index (κ2) is 8.89. The summed E-state index contributed by atoms with van der Waals surface area (Å²) >= 11 is 0. The van der Waals surface area contributed by atoms with Crippen molar-refractivity contribution in [2.45, 2.75) is 31.2 Å². The molecule has 0 saturated carbocycles. The van der Waals surface area contributed by atoms with Crippen LogP contribution in [0.15, 0.2) is 48.5 Å². The number of hydrogen-bond acceptors (Lipinski definition) is 4. The number of hydrogen-bond donors (Lipinski definition) is 2. The first kappa shape index (κ1) is 19.9. The first-order valence-corrected chi connectivity index (χ1v) is 9.53. The number of aliphatic carboxylic acids is 1. The molecule has 3 N–H and O–H groups in total. The largest absolute Gasteiger partial charge is 0.480 e. The van der Waals surface area contributed by atoms with Gasteiger partial charge in [-0.05, 0) is 41.5 Å². The molecule has 1 aliphatic carbocycles. The van der Waals surface area contributed by atoms with Crippen LogP contribution in [0.4, 0.5) is 4.79 Å². The summed E-state index contributed by atoms with van der Waals surface area (Å²) in [4.78, 5) is 24.6. The summed E-state index contributed by atoms with van der Waals surface area (Å²) < 4.78 is 5.59. The molecule has 1 aliphatic rings. The minimum atomic E-state index is -0.995. The number of amides is 1. The summed E-state index contributed by atoms with van der Waals surface area (Å²) in [5.41, 5.74) is 10.2. The second-order valence-electron chi connectivity index (χ2n) is 7.17. The maximum atomic E-state index is 12.3. The van der Waals surface area contributed by atoms with Gasteiger partial charge in [0.05, 0.1) is 0 Å². The molecule has 0 aromatic heterocycles. The van der Waals surface area contributed by atoms with Crippen molar-refractivity contribution in [1.82, 2.24) is 4.90 Å². The van der Waals surface area contributed by atoms with Gasteiger partial charge in [0.2, 0.25) is 0 Å². The molecule has 28 heavy (non-hydrogen) atoms. The van der Waals surface area contributed by atoms with Gasteiger partial charge in [-0.25, -0.2) is 4.79 Å². The van der Waals surface area contributed by atoms with Gasteiger partial charge in [0, 0.05) is 19.5 Å². The van der Waals surface area contributed by atoms with Crippen LogP contribution in [0.1, 0.15) is 36.3 Å². The zero-order valence-corrected chi connectivity index (χ0v) is 16.0. The number of unbranched alkanes of at least 4 members (excludes halogenated alkanes) is 1. The van der Waals surface area contributed by atoms with E-state index in [4.69, 9.17) is 15.6 Å². The summed E-state index contributed by atoms with van der Waals surface area (Å²) in [7, 11) is 1.69. The van der Waals surface area contributed by atoms with Crippen LogP contribution in [0, 0.1) is 0 Å². The Balaban J connectivity index is 1.53. The summed E-state index contributed by atoms with van der Waals surface area (Å²) in [5.74, 6) is -0.955. The topological polar surface area (TPSA) is 92.9 Å². The zero-order chi connectivity index (χ0) is 20.1. The van der Waals surface area contributed by atoms with E-state index in [0.717, 1.165) is 0 Å². The van der Waals surface area contributed by atoms with Gasteiger partial charge < -0.3 is 20.5 Å². The minimum absolute atomic E-state index is 0.0401. The SMILES string of the molecule is CN(CCCC[C@H](N)C(=O)O)C(=O)OCC1c2ccccc2-c2ccccc21. The fourth-order valence-electron chi connectivity index (χ4n) is 3.63. The van der Waals surface area contributed by atoms with E-state index in [1.165, 1.54) is 27.2 Å². The molecular weight excluding hydrogens is 356 g/mol. The van der Waals surface area contributed by atoms with Crippen LogP contribution >= 0.6 is 0 Å². The number of carbonyl (C=O) groups excluding carboxylic acids is 1. The number of carboxylic acids is 1. The summed E-state index contributed by atoms with van der Waals surface area (Å²) in [6.45, 7) is 0.796. The lowest BCUT2D eigenvalue weighted by Gasteiger charge is -2.20. The lowest BCUT2D eigenvalue weighted by Crippen LogP contribution is -2.31. The minimum Gasteiger partial charge on any atom is -0.480 e. The molecular formula is C22H26N2O4. The highest BCUT2D eigenvalue weighted by Gasteiger charge is 2.29. The lowest BCUT2D eigenvalue weighted by atomic mass is 9.98. The van der Waals surface area contributed by atoms with E-state index in [9.17, 15) is 9.59 Å². The fourth-order valence-corrected chi connectivity index (χ4v) is 3.63. The number of nitrogens with zero attached hydrogens (tertiary/aromatic N) is 1. The van der Waals surface area contributed by atoms with Crippen molar-refractivity contribution in [3.63, 3.8) is 0 Å². The molecule has 6 nitrogen and oxygen atoms in total. The number of ether oxygens (including phenoxy) is 1. The standard InChI is InChI=1S/C22H26N2O4/c1-24(13-7-6-12-20(23)21(25)26)22(27)28-14-19-17-10-4-2-8-15(17)16-9-3-5-11-18(16)19/h2-5,8-11,19-20H,6-7,12-14,23H2,1H3,(H,25,26)/t20-/m0/s1. The van der Waals surface area contributed by atoms with E-state index in [1.807, 2.05) is 24.3 Å². The van der Waals surface area contributed by atoms with Gasteiger partial charge in [-0.1, -0.05) is 48.5 Å². The molecule has 0 fully saturated rings. The molecule has 148 valence electrons. The van der Waals surface area contributed by atoms with Crippen molar-refractivity contribution in [1.29, 1.82) is 0 Å². The Morgan fingerprint density at radius 2 is 1.64 bits per heavy atom. The van der Waals surface area contributed by atoms with Crippen molar-refractivity contribution in [2.24, 2.45) is 5.73 Å². The monoisotopic (exact) mass is 382 g/mol. The van der Waals surface area contributed by atoms with Crippen LogP contribution in [0.3, 0.4) is 0 Å². The van der Waals surface area contributed by atoms with Crippen LogP contribution in [0.2, 0.25) is 0 Å². The molecule has 3 rings (SSSR count). The molecule has 0 heterocycles. The molecule has 0 saturated heterocycles. The van der Waals surface area contributed by atoms with Crippen molar-refractivity contribution >= 4 is 12.1 Å². The van der Waals surface area contributed by atoms with Gasteiger partial charge in [-0.2, -0.15) is 0 Å². The highest BCUT2D eigenvalue weighted by atomic mass is 16.6. The third kappa shape index (κ3) is 4.34. The Bertz CT molecular complexity index is 806. The molecule has 6 heteroatoms. The van der Waals surface area contributed by atoms with Gasteiger partial charge >= 0.3 is 12.1 Å². The number of rotatable bonds is 8. The molecule has 1 atom stereocenters. The lowest BCUT2D eigenvalue weighted by molar-refractivity contribution is -0.138. The molecule has 0 bridgehead atoms. The van der Waals surface area contributed by atoms with E-state index >= 15 is 0 Å². The Hall–Kier alpha value is -2.86. The first-order chi connectivity index (χ1) is 13.5. The molecule has 0 aliphatic heterocycles. The van der Waals surface area contributed by atoms with Gasteiger partial charge in [-0.3, -0.25) is 4.79 Å². The second-order valence-corrected chi connectivity index (χ2v) is 7.17. The third-order valence-electron chi connectivity index (χ3n) is 5.22. The molecule has 2 aromatic carbocycles. The summed E-state index contributed by atoms with van der Waals surface area (Å²) in [6, 6.07) is 15.6. The summed E-state index contributed by atoms with van der Waals surface area (Å²) in [5, 5.41) is 8.78. The number of nitrogens with two attached hydrogens (primary N) is 1. The maximum Gasteiger partial charge on any atom is 0.409 e.